The third-order valence-corrected chi connectivity index (χ3v) is 11.2. The fraction of sp³-hybridized carbons (Fsp3) is 0.833. The molecule has 0 aromatic carbocycles. The quantitative estimate of drug-likeness (QED) is 0.394. The molecule has 0 radical (unpaired) electrons. The number of hydrogen-bond acceptors (Lipinski definition) is 5. The van der Waals surface area contributed by atoms with Crippen LogP contribution in [-0.2, 0) is 25.3 Å². The maximum absolute atomic E-state index is 12.9. The largest absolute Gasteiger partial charge is 0.597 e. The van der Waals surface area contributed by atoms with Crippen LogP contribution in [0.5, 0.6) is 0 Å². The summed E-state index contributed by atoms with van der Waals surface area (Å²) in [6, 6.07) is -0.326. The summed E-state index contributed by atoms with van der Waals surface area (Å²) in [7, 11) is -1.97. The van der Waals surface area contributed by atoms with Crippen LogP contribution in [0.25, 0.3) is 0 Å². The molecule has 7 heteroatoms. The predicted molar refractivity (Wildman–Crippen MR) is 106 cm³/mol. The van der Waals surface area contributed by atoms with E-state index >= 15 is 0 Å². The van der Waals surface area contributed by atoms with Crippen LogP contribution in [0.4, 0.5) is 0 Å². The van der Waals surface area contributed by atoms with Crippen LogP contribution in [0.2, 0.25) is 18.1 Å². The van der Waals surface area contributed by atoms with E-state index in [1.54, 1.807) is 6.92 Å². The Morgan fingerprint density at radius 3 is 2.32 bits per heavy atom. The van der Waals surface area contributed by atoms with Gasteiger partial charge in [-0.3, -0.25) is 0 Å². The van der Waals surface area contributed by atoms with E-state index in [2.05, 4.69) is 33.9 Å². The van der Waals surface area contributed by atoms with Crippen LogP contribution < -0.4 is 0 Å². The molecule has 1 aliphatic heterocycles. The first-order valence-electron chi connectivity index (χ1n) is 8.92. The highest BCUT2D eigenvalue weighted by atomic mass is 32.2. The van der Waals surface area contributed by atoms with E-state index in [4.69, 9.17) is 9.16 Å². The summed E-state index contributed by atoms with van der Waals surface area (Å²) in [5.41, 5.74) is 0.568. The third kappa shape index (κ3) is 5.56. The van der Waals surface area contributed by atoms with Crippen molar-refractivity contribution in [1.29, 1.82) is 0 Å². The molecule has 2 atom stereocenters. The third-order valence-electron chi connectivity index (χ3n) is 4.85. The Kier molecular flexibility index (Phi) is 7.38. The SMILES string of the molecule is CCOC(=O)C1=CCN([S+]([O-])C(C)(C)C)C1CO[Si](C)(C)C(C)(C)C. The van der Waals surface area contributed by atoms with Gasteiger partial charge >= 0.3 is 5.97 Å². The number of nitrogens with zero attached hydrogens (tertiary/aromatic N) is 1. The fourth-order valence-corrected chi connectivity index (χ4v) is 4.58. The van der Waals surface area contributed by atoms with E-state index in [0.29, 0.717) is 25.3 Å². The number of rotatable bonds is 6. The lowest BCUT2D eigenvalue weighted by molar-refractivity contribution is -0.139. The van der Waals surface area contributed by atoms with Gasteiger partial charge in [0, 0.05) is 11.4 Å². The number of carbonyl (C=O) groups is 1. The Bertz CT molecular complexity index is 508. The van der Waals surface area contributed by atoms with E-state index in [1.807, 2.05) is 31.2 Å². The molecule has 0 aromatic rings. The predicted octanol–water partition coefficient (Wildman–Crippen LogP) is 3.64. The number of ether oxygens (including phenoxy) is 1. The Hall–Kier alpha value is -0.343. The monoisotopic (exact) mass is 389 g/mol. The molecule has 1 aliphatic rings. The summed E-state index contributed by atoms with van der Waals surface area (Å²) in [5.74, 6) is -0.334. The molecule has 25 heavy (non-hydrogen) atoms. The van der Waals surface area contributed by atoms with E-state index in [0.717, 1.165) is 0 Å². The topological polar surface area (TPSA) is 61.8 Å². The van der Waals surface area contributed by atoms with E-state index in [-0.39, 0.29) is 17.0 Å². The first kappa shape index (κ1) is 22.7. The van der Waals surface area contributed by atoms with Gasteiger partial charge in [-0.2, -0.15) is 0 Å². The van der Waals surface area contributed by atoms with Crippen molar-refractivity contribution in [2.45, 2.75) is 77.4 Å². The summed E-state index contributed by atoms with van der Waals surface area (Å²) in [6.07, 6.45) is 1.83. The second kappa shape index (κ2) is 8.13. The number of carbonyl (C=O) groups excluding carboxylic acids is 1. The molecule has 0 saturated carbocycles. The van der Waals surface area contributed by atoms with Crippen molar-refractivity contribution in [3.63, 3.8) is 0 Å². The minimum atomic E-state index is -1.97. The Balaban J connectivity index is 3.02. The zero-order valence-electron chi connectivity index (χ0n) is 17.3. The molecule has 1 heterocycles. The van der Waals surface area contributed by atoms with Gasteiger partial charge in [0.05, 0.1) is 25.3 Å². The van der Waals surface area contributed by atoms with Crippen molar-refractivity contribution in [2.24, 2.45) is 0 Å². The van der Waals surface area contributed by atoms with Crippen LogP contribution in [0.15, 0.2) is 11.6 Å². The standard InChI is InChI=1S/C18H35NO4SSi/c1-10-22-16(20)14-11-12-19(24(21)17(2,3)4)15(14)13-23-25(8,9)18(5,6)7/h11,15H,10,12-13H2,1-9H3. The van der Waals surface area contributed by atoms with Crippen molar-refractivity contribution in [3.8, 4) is 0 Å². The van der Waals surface area contributed by atoms with Gasteiger partial charge in [0.15, 0.2) is 8.32 Å². The molecule has 1 rings (SSSR count). The second-order valence-electron chi connectivity index (χ2n) is 8.93. The molecule has 146 valence electrons. The summed E-state index contributed by atoms with van der Waals surface area (Å²) in [4.78, 5) is 12.3. The molecule has 0 fully saturated rings. The van der Waals surface area contributed by atoms with Gasteiger partial charge in [0.1, 0.15) is 10.8 Å². The van der Waals surface area contributed by atoms with Gasteiger partial charge in [0.25, 0.3) is 0 Å². The summed E-state index contributed by atoms with van der Waals surface area (Å²) < 4.78 is 25.9. The van der Waals surface area contributed by atoms with Crippen molar-refractivity contribution >= 4 is 25.6 Å². The van der Waals surface area contributed by atoms with Gasteiger partial charge < -0.3 is 13.7 Å². The van der Waals surface area contributed by atoms with Gasteiger partial charge in [-0.05, 0) is 45.8 Å². The molecule has 0 N–H and O–H groups in total. The van der Waals surface area contributed by atoms with Gasteiger partial charge in [-0.25, -0.2) is 4.79 Å². The van der Waals surface area contributed by atoms with Crippen molar-refractivity contribution < 1.29 is 18.5 Å². The lowest BCUT2D eigenvalue weighted by atomic mass is 10.1. The zero-order valence-corrected chi connectivity index (χ0v) is 19.1. The smallest absolute Gasteiger partial charge is 0.335 e. The molecule has 0 spiro atoms. The Labute approximate surface area is 157 Å². The lowest BCUT2D eigenvalue weighted by Gasteiger charge is -2.39. The van der Waals surface area contributed by atoms with Crippen molar-refractivity contribution in [1.82, 2.24) is 4.31 Å². The van der Waals surface area contributed by atoms with Crippen LogP contribution in [0.3, 0.4) is 0 Å². The second-order valence-corrected chi connectivity index (χ2v) is 15.9. The van der Waals surface area contributed by atoms with E-state index in [9.17, 15) is 9.35 Å². The Morgan fingerprint density at radius 2 is 1.88 bits per heavy atom. The first-order chi connectivity index (χ1) is 11.2. The first-order valence-corrected chi connectivity index (χ1v) is 12.9. The normalized spacial score (nSPS) is 21.2. The minimum Gasteiger partial charge on any atom is -0.597 e. The van der Waals surface area contributed by atoms with Gasteiger partial charge in [-0.1, -0.05) is 26.8 Å². The minimum absolute atomic E-state index is 0.0768. The average Bonchev–Trinajstić information content (AvgIpc) is 2.86. The number of esters is 1. The maximum Gasteiger partial charge on any atom is 0.335 e. The van der Waals surface area contributed by atoms with E-state index in [1.165, 1.54) is 0 Å². The zero-order chi connectivity index (χ0) is 19.6. The number of hydrogen-bond donors (Lipinski definition) is 0. The molecular weight excluding hydrogens is 354 g/mol. The van der Waals surface area contributed by atoms with Crippen molar-refractivity contribution in [3.05, 3.63) is 11.6 Å². The summed E-state index contributed by atoms with van der Waals surface area (Å²) >= 11 is -1.22. The van der Waals surface area contributed by atoms with Crippen LogP contribution in [-0.4, -0.2) is 53.7 Å². The molecule has 0 saturated heterocycles. The molecule has 5 nitrogen and oxygen atoms in total. The van der Waals surface area contributed by atoms with Crippen LogP contribution in [0, 0.1) is 0 Å². The highest BCUT2D eigenvalue weighted by Crippen LogP contribution is 2.38. The van der Waals surface area contributed by atoms with Crippen molar-refractivity contribution in [2.75, 3.05) is 19.8 Å². The van der Waals surface area contributed by atoms with Crippen LogP contribution in [0.1, 0.15) is 48.5 Å². The highest BCUT2D eigenvalue weighted by Gasteiger charge is 2.46. The van der Waals surface area contributed by atoms with Gasteiger partial charge in [0.2, 0.25) is 0 Å². The average molecular weight is 390 g/mol. The highest BCUT2D eigenvalue weighted by molar-refractivity contribution is 7.90. The molecule has 0 aromatic heterocycles. The lowest BCUT2D eigenvalue weighted by Crippen LogP contribution is -2.51. The molecular formula is C18H35NO4SSi. The van der Waals surface area contributed by atoms with Crippen LogP contribution >= 0.6 is 0 Å². The molecule has 0 bridgehead atoms. The summed E-state index contributed by atoms with van der Waals surface area (Å²) in [6.45, 7) is 19.7. The Morgan fingerprint density at radius 1 is 1.32 bits per heavy atom. The van der Waals surface area contributed by atoms with E-state index < -0.39 is 24.4 Å². The fourth-order valence-electron chi connectivity index (χ4n) is 2.25. The maximum atomic E-state index is 12.9. The van der Waals surface area contributed by atoms with Gasteiger partial charge in [-0.15, -0.1) is 4.31 Å². The molecule has 0 amide bonds. The summed E-state index contributed by atoms with van der Waals surface area (Å²) in [5, 5.41) is 0.0768. The molecule has 0 aliphatic carbocycles. The molecule has 2 unspecified atom stereocenters.